The van der Waals surface area contributed by atoms with Crippen molar-refractivity contribution in [2.75, 3.05) is 7.05 Å². The minimum absolute atomic E-state index is 0.0878. The van der Waals surface area contributed by atoms with Gasteiger partial charge in [0.1, 0.15) is 10.9 Å². The number of aromatic nitrogens is 3. The molecule has 0 saturated carbocycles. The number of nitro groups is 1. The summed E-state index contributed by atoms with van der Waals surface area (Å²) in [5.74, 6) is 1.16. The minimum atomic E-state index is -0.368. The van der Waals surface area contributed by atoms with Crippen LogP contribution in [0.15, 0.2) is 58.7 Å². The van der Waals surface area contributed by atoms with E-state index in [0.29, 0.717) is 13.1 Å². The van der Waals surface area contributed by atoms with Crippen molar-refractivity contribution in [1.82, 2.24) is 19.9 Å². The van der Waals surface area contributed by atoms with E-state index in [4.69, 9.17) is 4.98 Å². The third kappa shape index (κ3) is 4.58. The molecular formula is C20H23N5O2S. The summed E-state index contributed by atoms with van der Waals surface area (Å²) in [4.78, 5) is 20.7. The van der Waals surface area contributed by atoms with Gasteiger partial charge in [-0.05, 0) is 30.7 Å². The Morgan fingerprint density at radius 3 is 2.75 bits per heavy atom. The van der Waals surface area contributed by atoms with Crippen LogP contribution in [0.25, 0.3) is 0 Å². The van der Waals surface area contributed by atoms with E-state index in [1.807, 2.05) is 31.4 Å². The van der Waals surface area contributed by atoms with E-state index < -0.39 is 0 Å². The molecular weight excluding hydrogens is 374 g/mol. The summed E-state index contributed by atoms with van der Waals surface area (Å²) in [6.07, 6.45) is 3.60. The summed E-state index contributed by atoms with van der Waals surface area (Å²) in [7, 11) is 1.89. The number of imidazole rings is 1. The first-order valence-corrected chi connectivity index (χ1v) is 9.86. The Kier molecular flexibility index (Phi) is 6.43. The highest BCUT2D eigenvalue weighted by molar-refractivity contribution is 7.99. The Bertz CT molecular complexity index is 956. The molecule has 0 radical (unpaired) electrons. The largest absolute Gasteiger partial charge is 0.317 e. The molecule has 146 valence electrons. The monoisotopic (exact) mass is 397 g/mol. The van der Waals surface area contributed by atoms with Crippen molar-refractivity contribution in [3.63, 3.8) is 0 Å². The van der Waals surface area contributed by atoms with Crippen LogP contribution in [-0.2, 0) is 13.1 Å². The maximum Gasteiger partial charge on any atom is 0.270 e. The topological polar surface area (TPSA) is 85.9 Å². The van der Waals surface area contributed by atoms with E-state index in [1.54, 1.807) is 18.3 Å². The standard InChI is InChI=1S/C20H23N5O2S/c1-14(2)19-20(28-17-8-4-7-16(10-17)25(26)27)24(18(23-19)12-21-3)13-15-6-5-9-22-11-15/h4-11,14,21H,12-13H2,1-3H3. The van der Waals surface area contributed by atoms with Gasteiger partial charge in [0.2, 0.25) is 0 Å². The maximum atomic E-state index is 11.1. The van der Waals surface area contributed by atoms with Crippen LogP contribution in [0, 0.1) is 10.1 Å². The Morgan fingerprint density at radius 1 is 1.29 bits per heavy atom. The Morgan fingerprint density at radius 2 is 2.11 bits per heavy atom. The van der Waals surface area contributed by atoms with Gasteiger partial charge in [-0.25, -0.2) is 4.98 Å². The second-order valence-electron chi connectivity index (χ2n) is 6.71. The van der Waals surface area contributed by atoms with Gasteiger partial charge in [0, 0.05) is 29.4 Å². The number of rotatable bonds is 8. The lowest BCUT2D eigenvalue weighted by Gasteiger charge is -2.13. The molecule has 0 bridgehead atoms. The van der Waals surface area contributed by atoms with E-state index in [-0.39, 0.29) is 16.5 Å². The van der Waals surface area contributed by atoms with Crippen LogP contribution in [0.1, 0.15) is 36.8 Å². The molecule has 1 N–H and O–H groups in total. The molecule has 0 spiro atoms. The first-order chi connectivity index (χ1) is 13.5. The van der Waals surface area contributed by atoms with Gasteiger partial charge >= 0.3 is 0 Å². The molecule has 2 aromatic heterocycles. The lowest BCUT2D eigenvalue weighted by molar-refractivity contribution is -0.385. The summed E-state index contributed by atoms with van der Waals surface area (Å²) in [6.45, 7) is 5.49. The highest BCUT2D eigenvalue weighted by atomic mass is 32.2. The predicted molar refractivity (Wildman–Crippen MR) is 110 cm³/mol. The van der Waals surface area contributed by atoms with Gasteiger partial charge in [0.05, 0.1) is 23.7 Å². The van der Waals surface area contributed by atoms with Crippen molar-refractivity contribution in [2.24, 2.45) is 0 Å². The normalized spacial score (nSPS) is 11.1. The fraction of sp³-hybridized carbons (Fsp3) is 0.300. The number of nitrogens with zero attached hydrogens (tertiary/aromatic N) is 4. The second-order valence-corrected chi connectivity index (χ2v) is 7.77. The van der Waals surface area contributed by atoms with Gasteiger partial charge in [-0.3, -0.25) is 15.1 Å². The molecule has 3 aromatic rings. The average molecular weight is 398 g/mol. The van der Waals surface area contributed by atoms with Crippen molar-refractivity contribution in [3.8, 4) is 0 Å². The molecule has 0 amide bonds. The van der Waals surface area contributed by atoms with Gasteiger partial charge in [0.15, 0.2) is 0 Å². The number of hydrogen-bond acceptors (Lipinski definition) is 6. The first kappa shape index (κ1) is 20.0. The Balaban J connectivity index is 2.06. The van der Waals surface area contributed by atoms with Crippen LogP contribution in [0.2, 0.25) is 0 Å². The van der Waals surface area contributed by atoms with Crippen molar-refractivity contribution < 1.29 is 4.92 Å². The summed E-state index contributed by atoms with van der Waals surface area (Å²) in [5, 5.41) is 15.3. The van der Waals surface area contributed by atoms with Gasteiger partial charge in [-0.15, -0.1) is 0 Å². The van der Waals surface area contributed by atoms with Crippen molar-refractivity contribution in [1.29, 1.82) is 0 Å². The summed E-state index contributed by atoms with van der Waals surface area (Å²) < 4.78 is 2.17. The van der Waals surface area contributed by atoms with E-state index in [9.17, 15) is 10.1 Å². The molecule has 0 aliphatic carbocycles. The second kappa shape index (κ2) is 8.99. The lowest BCUT2D eigenvalue weighted by atomic mass is 10.1. The van der Waals surface area contributed by atoms with Crippen LogP contribution in [0.4, 0.5) is 5.69 Å². The predicted octanol–water partition coefficient (Wildman–Crippen LogP) is 4.23. The number of non-ortho nitro benzene ring substituents is 1. The van der Waals surface area contributed by atoms with E-state index in [1.165, 1.54) is 17.8 Å². The fourth-order valence-corrected chi connectivity index (χ4v) is 4.10. The smallest absolute Gasteiger partial charge is 0.270 e. The number of benzene rings is 1. The quantitative estimate of drug-likeness (QED) is 0.452. The molecule has 28 heavy (non-hydrogen) atoms. The summed E-state index contributed by atoms with van der Waals surface area (Å²) in [5.41, 5.74) is 2.16. The maximum absolute atomic E-state index is 11.1. The number of pyridine rings is 1. The average Bonchev–Trinajstić information content (AvgIpc) is 3.01. The molecule has 0 aliphatic rings. The molecule has 0 saturated heterocycles. The third-order valence-electron chi connectivity index (χ3n) is 4.21. The van der Waals surface area contributed by atoms with E-state index >= 15 is 0 Å². The van der Waals surface area contributed by atoms with Crippen LogP contribution >= 0.6 is 11.8 Å². The molecule has 2 heterocycles. The number of nitro benzene ring substituents is 1. The lowest BCUT2D eigenvalue weighted by Crippen LogP contribution is -2.13. The van der Waals surface area contributed by atoms with Gasteiger partial charge in [-0.2, -0.15) is 0 Å². The molecule has 0 aliphatic heterocycles. The SMILES string of the molecule is CNCc1nc(C(C)C)c(Sc2cccc([N+](=O)[O-])c2)n1Cc1cccnc1. The van der Waals surface area contributed by atoms with Gasteiger partial charge in [-0.1, -0.05) is 37.7 Å². The molecule has 8 heteroatoms. The minimum Gasteiger partial charge on any atom is -0.317 e. The van der Waals surface area contributed by atoms with E-state index in [2.05, 4.69) is 28.7 Å². The molecule has 0 unspecified atom stereocenters. The number of hydrogen-bond donors (Lipinski definition) is 1. The highest BCUT2D eigenvalue weighted by Crippen LogP contribution is 2.36. The molecule has 3 rings (SSSR count). The highest BCUT2D eigenvalue weighted by Gasteiger charge is 2.21. The van der Waals surface area contributed by atoms with Crippen molar-refractivity contribution in [2.45, 2.75) is 42.8 Å². The fourth-order valence-electron chi connectivity index (χ4n) is 2.89. The third-order valence-corrected chi connectivity index (χ3v) is 5.33. The van der Waals surface area contributed by atoms with Crippen LogP contribution in [0.3, 0.4) is 0 Å². The van der Waals surface area contributed by atoms with E-state index in [0.717, 1.165) is 27.0 Å². The van der Waals surface area contributed by atoms with Crippen LogP contribution in [-0.4, -0.2) is 26.5 Å². The molecule has 7 nitrogen and oxygen atoms in total. The van der Waals surface area contributed by atoms with Crippen LogP contribution < -0.4 is 5.32 Å². The zero-order valence-corrected chi connectivity index (χ0v) is 16.9. The Labute approximate surface area is 168 Å². The zero-order chi connectivity index (χ0) is 20.1. The Hall–Kier alpha value is -2.71. The van der Waals surface area contributed by atoms with Crippen molar-refractivity contribution in [3.05, 3.63) is 76.0 Å². The number of nitrogens with one attached hydrogen (secondary N) is 1. The van der Waals surface area contributed by atoms with Gasteiger partial charge < -0.3 is 9.88 Å². The molecule has 0 fully saturated rings. The van der Waals surface area contributed by atoms with Crippen molar-refractivity contribution >= 4 is 17.4 Å². The first-order valence-electron chi connectivity index (χ1n) is 9.04. The summed E-state index contributed by atoms with van der Waals surface area (Å²) >= 11 is 1.51. The zero-order valence-electron chi connectivity index (χ0n) is 16.1. The molecule has 0 atom stereocenters. The molecule has 1 aromatic carbocycles. The summed E-state index contributed by atoms with van der Waals surface area (Å²) in [6, 6.07) is 10.7. The van der Waals surface area contributed by atoms with Gasteiger partial charge in [0.25, 0.3) is 5.69 Å². The van der Waals surface area contributed by atoms with Crippen LogP contribution in [0.5, 0.6) is 0 Å².